The maximum Gasteiger partial charge on any atom is 0.328 e. The topological polar surface area (TPSA) is 73.2 Å². The molecule has 1 atom stereocenters. The number of aryl methyl sites for hydroxylation is 2. The van der Waals surface area contributed by atoms with E-state index in [1.807, 2.05) is 20.8 Å². The second-order valence-corrected chi connectivity index (χ2v) is 6.77. The standard InChI is InChI=1S/C18H28ClN3O3/c1-6-7-10-22-17(19)14(13(4)21-22)8-9-16(23)20-15(11-12(2)3)18(24)25-5/h8-9,12,15H,6-7,10-11H2,1-5H3,(H,20,23)/b9-8+. The van der Waals surface area contributed by atoms with Gasteiger partial charge in [-0.3, -0.25) is 9.48 Å². The van der Waals surface area contributed by atoms with Crippen LogP contribution in [0.25, 0.3) is 6.08 Å². The van der Waals surface area contributed by atoms with Gasteiger partial charge < -0.3 is 10.1 Å². The number of unbranched alkanes of at least 4 members (excludes halogenated alkanes) is 1. The highest BCUT2D eigenvalue weighted by molar-refractivity contribution is 6.31. The summed E-state index contributed by atoms with van der Waals surface area (Å²) in [5.74, 6) is -0.563. The van der Waals surface area contributed by atoms with Crippen molar-refractivity contribution in [1.82, 2.24) is 15.1 Å². The van der Waals surface area contributed by atoms with Gasteiger partial charge in [-0.2, -0.15) is 5.10 Å². The third-order valence-corrected chi connectivity index (χ3v) is 4.14. The summed E-state index contributed by atoms with van der Waals surface area (Å²) < 4.78 is 6.49. The lowest BCUT2D eigenvalue weighted by molar-refractivity contribution is -0.145. The predicted octanol–water partition coefficient (Wildman–Crippen LogP) is 3.36. The van der Waals surface area contributed by atoms with Crippen LogP contribution in [0, 0.1) is 12.8 Å². The van der Waals surface area contributed by atoms with Crippen molar-refractivity contribution in [2.24, 2.45) is 5.92 Å². The molecule has 1 unspecified atom stereocenters. The van der Waals surface area contributed by atoms with Gasteiger partial charge in [0.05, 0.1) is 12.8 Å². The Hall–Kier alpha value is -1.82. The molecule has 0 radical (unpaired) electrons. The van der Waals surface area contributed by atoms with Gasteiger partial charge in [0.2, 0.25) is 5.91 Å². The van der Waals surface area contributed by atoms with Gasteiger partial charge in [-0.25, -0.2) is 4.79 Å². The molecular formula is C18H28ClN3O3. The minimum atomic E-state index is -0.661. The van der Waals surface area contributed by atoms with E-state index in [0.717, 1.165) is 25.1 Å². The van der Waals surface area contributed by atoms with E-state index >= 15 is 0 Å². The molecule has 140 valence electrons. The maximum atomic E-state index is 12.2. The first-order valence-corrected chi connectivity index (χ1v) is 8.97. The molecule has 1 aromatic rings. The van der Waals surface area contributed by atoms with Crippen LogP contribution in [0.4, 0.5) is 0 Å². The number of hydrogen-bond donors (Lipinski definition) is 1. The summed E-state index contributed by atoms with van der Waals surface area (Å²) in [5.41, 5.74) is 1.48. The molecule has 1 heterocycles. The highest BCUT2D eigenvalue weighted by Gasteiger charge is 2.21. The van der Waals surface area contributed by atoms with Crippen LogP contribution in [0.1, 0.15) is 51.3 Å². The maximum absolute atomic E-state index is 12.2. The Kier molecular flexibility index (Phi) is 8.69. The summed E-state index contributed by atoms with van der Waals surface area (Å²) in [6.45, 7) is 8.65. The van der Waals surface area contributed by atoms with Gasteiger partial charge in [0, 0.05) is 18.2 Å². The minimum Gasteiger partial charge on any atom is -0.467 e. The first-order valence-electron chi connectivity index (χ1n) is 8.59. The molecule has 1 amide bonds. The molecule has 0 aromatic carbocycles. The van der Waals surface area contributed by atoms with Crippen LogP contribution in [-0.4, -0.2) is 34.8 Å². The number of halogens is 1. The minimum absolute atomic E-state index is 0.252. The number of nitrogens with one attached hydrogen (secondary N) is 1. The van der Waals surface area contributed by atoms with Crippen molar-refractivity contribution in [3.63, 3.8) is 0 Å². The van der Waals surface area contributed by atoms with E-state index in [1.165, 1.54) is 13.2 Å². The van der Waals surface area contributed by atoms with Crippen LogP contribution in [0.5, 0.6) is 0 Å². The second kappa shape index (κ2) is 10.2. The highest BCUT2D eigenvalue weighted by atomic mass is 35.5. The monoisotopic (exact) mass is 369 g/mol. The Morgan fingerprint density at radius 1 is 1.40 bits per heavy atom. The zero-order valence-corrected chi connectivity index (χ0v) is 16.4. The van der Waals surface area contributed by atoms with Gasteiger partial charge in [-0.15, -0.1) is 0 Å². The molecule has 25 heavy (non-hydrogen) atoms. The Morgan fingerprint density at radius 2 is 2.08 bits per heavy atom. The first-order chi connectivity index (χ1) is 11.8. The number of amides is 1. The van der Waals surface area contributed by atoms with Gasteiger partial charge in [0.15, 0.2) is 0 Å². The van der Waals surface area contributed by atoms with Crippen LogP contribution in [0.15, 0.2) is 6.08 Å². The van der Waals surface area contributed by atoms with Crippen LogP contribution in [-0.2, 0) is 20.9 Å². The lowest BCUT2D eigenvalue weighted by Gasteiger charge is -2.17. The van der Waals surface area contributed by atoms with Crippen molar-refractivity contribution in [1.29, 1.82) is 0 Å². The summed E-state index contributed by atoms with van der Waals surface area (Å²) in [6, 6.07) is -0.661. The summed E-state index contributed by atoms with van der Waals surface area (Å²) in [5, 5.41) is 7.59. The van der Waals surface area contributed by atoms with E-state index in [2.05, 4.69) is 17.3 Å². The molecule has 0 aliphatic rings. The number of esters is 1. The average Bonchev–Trinajstić information content (AvgIpc) is 2.82. The van der Waals surface area contributed by atoms with E-state index in [1.54, 1.807) is 10.8 Å². The smallest absolute Gasteiger partial charge is 0.328 e. The van der Waals surface area contributed by atoms with Crippen LogP contribution >= 0.6 is 11.6 Å². The quantitative estimate of drug-likeness (QED) is 0.535. The summed E-state index contributed by atoms with van der Waals surface area (Å²) in [7, 11) is 1.31. The number of methoxy groups -OCH3 is 1. The summed E-state index contributed by atoms with van der Waals surface area (Å²) in [4.78, 5) is 23.9. The van der Waals surface area contributed by atoms with Crippen molar-refractivity contribution < 1.29 is 14.3 Å². The zero-order chi connectivity index (χ0) is 19.0. The molecule has 0 aliphatic carbocycles. The molecule has 7 heteroatoms. The van der Waals surface area contributed by atoms with E-state index < -0.39 is 12.0 Å². The van der Waals surface area contributed by atoms with E-state index in [4.69, 9.17) is 16.3 Å². The van der Waals surface area contributed by atoms with E-state index in [0.29, 0.717) is 17.1 Å². The second-order valence-electron chi connectivity index (χ2n) is 6.41. The van der Waals surface area contributed by atoms with E-state index in [9.17, 15) is 9.59 Å². The fourth-order valence-electron chi connectivity index (χ4n) is 2.42. The Balaban J connectivity index is 2.81. The molecule has 0 saturated carbocycles. The average molecular weight is 370 g/mol. The molecule has 0 saturated heterocycles. The SMILES string of the molecule is CCCCn1nc(C)c(/C=C/C(=O)NC(CC(C)C)C(=O)OC)c1Cl. The van der Waals surface area contributed by atoms with Crippen molar-refractivity contribution in [3.8, 4) is 0 Å². The van der Waals surface area contributed by atoms with Gasteiger partial charge in [-0.05, 0) is 31.8 Å². The predicted molar refractivity (Wildman–Crippen MR) is 99.3 cm³/mol. The normalized spacial score (nSPS) is 12.6. The molecule has 0 fully saturated rings. The lowest BCUT2D eigenvalue weighted by Crippen LogP contribution is -2.41. The Labute approximate surface area is 154 Å². The molecule has 1 N–H and O–H groups in total. The molecule has 1 aromatic heterocycles. The fraction of sp³-hybridized carbons (Fsp3) is 0.611. The highest BCUT2D eigenvalue weighted by Crippen LogP contribution is 2.21. The number of nitrogens with zero attached hydrogens (tertiary/aromatic N) is 2. The van der Waals surface area contributed by atoms with Gasteiger partial charge >= 0.3 is 5.97 Å². The van der Waals surface area contributed by atoms with Crippen LogP contribution in [0.3, 0.4) is 0 Å². The molecular weight excluding hydrogens is 342 g/mol. The third kappa shape index (κ3) is 6.53. The number of hydrogen-bond acceptors (Lipinski definition) is 4. The molecule has 0 aliphatic heterocycles. The number of rotatable bonds is 9. The Bertz CT molecular complexity index is 623. The van der Waals surface area contributed by atoms with E-state index in [-0.39, 0.29) is 11.8 Å². The largest absolute Gasteiger partial charge is 0.467 e. The third-order valence-electron chi connectivity index (χ3n) is 3.74. The van der Waals surface area contributed by atoms with Crippen molar-refractivity contribution in [3.05, 3.63) is 22.5 Å². The van der Waals surface area contributed by atoms with Gasteiger partial charge in [-0.1, -0.05) is 38.8 Å². The van der Waals surface area contributed by atoms with Gasteiger partial charge in [0.25, 0.3) is 0 Å². The van der Waals surface area contributed by atoms with Gasteiger partial charge in [0.1, 0.15) is 11.2 Å². The number of carbonyl (C=O) groups is 2. The number of aromatic nitrogens is 2. The van der Waals surface area contributed by atoms with Crippen molar-refractivity contribution in [2.75, 3.05) is 7.11 Å². The van der Waals surface area contributed by atoms with Crippen LogP contribution in [0.2, 0.25) is 5.15 Å². The summed E-state index contributed by atoms with van der Waals surface area (Å²) in [6.07, 6.45) is 5.55. The molecule has 1 rings (SSSR count). The Morgan fingerprint density at radius 3 is 2.64 bits per heavy atom. The van der Waals surface area contributed by atoms with Crippen LogP contribution < -0.4 is 5.32 Å². The lowest BCUT2D eigenvalue weighted by atomic mass is 10.0. The number of ether oxygens (including phenoxy) is 1. The van der Waals surface area contributed by atoms with Crippen molar-refractivity contribution in [2.45, 2.75) is 59.5 Å². The first kappa shape index (κ1) is 21.2. The number of carbonyl (C=O) groups excluding carboxylic acids is 2. The zero-order valence-electron chi connectivity index (χ0n) is 15.6. The molecule has 0 spiro atoms. The molecule has 0 bridgehead atoms. The molecule has 6 nitrogen and oxygen atoms in total. The van der Waals surface area contributed by atoms with Crippen molar-refractivity contribution >= 4 is 29.6 Å². The summed E-state index contributed by atoms with van der Waals surface area (Å²) >= 11 is 6.34. The fourth-order valence-corrected chi connectivity index (χ4v) is 2.74.